The highest BCUT2D eigenvalue weighted by molar-refractivity contribution is 7.89. The van der Waals surface area contributed by atoms with E-state index in [0.717, 1.165) is 25.7 Å². The second-order valence-electron chi connectivity index (χ2n) is 4.02. The molecule has 2 aliphatic heterocycles. The van der Waals surface area contributed by atoms with Gasteiger partial charge in [-0.25, -0.2) is 13.7 Å². The van der Waals surface area contributed by atoms with Crippen LogP contribution in [0.5, 0.6) is 0 Å². The zero-order valence-corrected chi connectivity index (χ0v) is 8.60. The first-order chi connectivity index (χ1) is 6.04. The van der Waals surface area contributed by atoms with Gasteiger partial charge in [0.15, 0.2) is 0 Å². The van der Waals surface area contributed by atoms with Crippen molar-refractivity contribution in [2.75, 3.05) is 6.26 Å². The minimum absolute atomic E-state index is 0.133. The van der Waals surface area contributed by atoms with Crippen LogP contribution in [0.3, 0.4) is 0 Å². The Kier molecular flexibility index (Phi) is 2.33. The number of nitrogens with one attached hydrogen (secondary N) is 2. The first kappa shape index (κ1) is 9.43. The van der Waals surface area contributed by atoms with Gasteiger partial charge >= 0.3 is 0 Å². The summed E-state index contributed by atoms with van der Waals surface area (Å²) < 4.78 is 27.1. The van der Waals surface area contributed by atoms with Crippen LogP contribution >= 0.6 is 0 Å². The van der Waals surface area contributed by atoms with E-state index in [-0.39, 0.29) is 12.1 Å². The number of fused-ring (bicyclic) bond motifs is 2. The third kappa shape index (κ3) is 2.21. The normalized spacial score (nSPS) is 43.0. The minimum atomic E-state index is -2.58. The van der Waals surface area contributed by atoms with Crippen molar-refractivity contribution in [2.24, 2.45) is 0 Å². The van der Waals surface area contributed by atoms with Crippen molar-refractivity contribution in [2.45, 2.75) is 43.9 Å². The number of rotatable bonds is 2. The van der Waals surface area contributed by atoms with Crippen molar-refractivity contribution in [3.63, 3.8) is 0 Å². The second kappa shape index (κ2) is 3.22. The fraction of sp³-hybridized carbons (Fsp3) is 1.00. The fourth-order valence-corrected chi connectivity index (χ4v) is 3.06. The molecule has 0 amide bonds. The van der Waals surface area contributed by atoms with Gasteiger partial charge < -0.3 is 4.74 Å². The van der Waals surface area contributed by atoms with Gasteiger partial charge in [-0.2, -0.15) is 0 Å². The van der Waals surface area contributed by atoms with Gasteiger partial charge in [0.25, 0.3) is 0 Å². The lowest BCUT2D eigenvalue weighted by Crippen LogP contribution is -2.45. The zero-order valence-electron chi connectivity index (χ0n) is 7.79. The van der Waals surface area contributed by atoms with Crippen LogP contribution in [0.15, 0.2) is 0 Å². The van der Waals surface area contributed by atoms with Crippen LogP contribution in [-0.4, -0.2) is 28.7 Å². The molecule has 0 aromatic heterocycles. The summed E-state index contributed by atoms with van der Waals surface area (Å²) in [6.45, 7) is 0. The molecule has 2 rings (SSSR count). The van der Waals surface area contributed by atoms with E-state index < -0.39 is 9.92 Å². The first-order valence-corrected chi connectivity index (χ1v) is 6.68. The topological polar surface area (TPSA) is 62.2 Å². The molecule has 2 bridgehead atoms. The number of hydrogen-bond acceptors (Lipinski definition) is 3. The van der Waals surface area contributed by atoms with E-state index in [0.29, 0.717) is 6.10 Å². The van der Waals surface area contributed by atoms with E-state index in [1.165, 1.54) is 6.26 Å². The summed E-state index contributed by atoms with van der Waals surface area (Å²) in [5, 5.41) is 0. The smallest absolute Gasteiger partial charge is 0.102 e. The van der Waals surface area contributed by atoms with E-state index in [2.05, 4.69) is 4.72 Å². The summed E-state index contributed by atoms with van der Waals surface area (Å²) in [6, 6.07) is 0.133. The largest absolute Gasteiger partial charge is 0.373 e. The maximum absolute atomic E-state index is 11.2. The van der Waals surface area contributed by atoms with Gasteiger partial charge in [0.2, 0.25) is 0 Å². The molecule has 2 heterocycles. The molecule has 4 atom stereocenters. The molecule has 2 N–H and O–H groups in total. The van der Waals surface area contributed by atoms with Crippen molar-refractivity contribution in [3.05, 3.63) is 0 Å². The Morgan fingerprint density at radius 2 is 2.08 bits per heavy atom. The lowest BCUT2D eigenvalue weighted by molar-refractivity contribution is -0.0106. The summed E-state index contributed by atoms with van der Waals surface area (Å²) in [5.41, 5.74) is 0. The highest BCUT2D eigenvalue weighted by Crippen LogP contribution is 2.32. The predicted molar refractivity (Wildman–Crippen MR) is 50.8 cm³/mol. The molecular weight excluding hydrogens is 188 g/mol. The molecule has 2 fully saturated rings. The van der Waals surface area contributed by atoms with Crippen molar-refractivity contribution in [3.8, 4) is 0 Å². The van der Waals surface area contributed by atoms with E-state index in [4.69, 9.17) is 9.52 Å². The number of hydrogen-bond donors (Lipinski definition) is 2. The average molecular weight is 204 g/mol. The Bertz CT molecular complexity index is 289. The predicted octanol–water partition coefficient (Wildman–Crippen LogP) is 0.878. The van der Waals surface area contributed by atoms with Gasteiger partial charge in [-0.05, 0) is 25.7 Å². The van der Waals surface area contributed by atoms with Gasteiger partial charge in [-0.3, -0.25) is 0 Å². The van der Waals surface area contributed by atoms with Crippen LogP contribution in [0.25, 0.3) is 0 Å². The van der Waals surface area contributed by atoms with Gasteiger partial charge in [-0.15, -0.1) is 0 Å². The molecule has 0 aromatic carbocycles. The summed E-state index contributed by atoms with van der Waals surface area (Å²) in [7, 11) is -2.58. The molecule has 2 saturated heterocycles. The summed E-state index contributed by atoms with van der Waals surface area (Å²) in [6.07, 6.45) is 6.28. The van der Waals surface area contributed by atoms with Crippen LogP contribution in [0.2, 0.25) is 0 Å². The Morgan fingerprint density at radius 1 is 1.38 bits per heavy atom. The molecule has 4 nitrogen and oxygen atoms in total. The second-order valence-corrected chi connectivity index (χ2v) is 5.94. The molecule has 5 heteroatoms. The van der Waals surface area contributed by atoms with Gasteiger partial charge in [0, 0.05) is 12.3 Å². The molecule has 4 unspecified atom stereocenters. The molecule has 0 spiro atoms. The third-order valence-electron chi connectivity index (χ3n) is 2.77. The van der Waals surface area contributed by atoms with Gasteiger partial charge in [0.05, 0.1) is 12.2 Å². The molecule has 0 saturated carbocycles. The summed E-state index contributed by atoms with van der Waals surface area (Å²) in [5.74, 6) is 0. The van der Waals surface area contributed by atoms with Crippen molar-refractivity contribution in [1.29, 1.82) is 4.78 Å². The average Bonchev–Trinajstić information content (AvgIpc) is 2.37. The lowest BCUT2D eigenvalue weighted by atomic mass is 10.1. The SMILES string of the molecule is CS(=N)(=O)NC1CCC2CCC1O2. The maximum atomic E-state index is 11.2. The van der Waals surface area contributed by atoms with Crippen molar-refractivity contribution in [1.82, 2.24) is 4.72 Å². The molecule has 0 aromatic rings. The molecular formula is C8H16N2O2S. The van der Waals surface area contributed by atoms with Crippen molar-refractivity contribution < 1.29 is 8.95 Å². The number of ether oxygens (including phenoxy) is 1. The first-order valence-electron chi connectivity index (χ1n) is 4.71. The molecule has 0 radical (unpaired) electrons. The minimum Gasteiger partial charge on any atom is -0.373 e. The van der Waals surface area contributed by atoms with E-state index in [1.807, 2.05) is 0 Å². The summed E-state index contributed by atoms with van der Waals surface area (Å²) in [4.78, 5) is 0. The molecule has 0 aliphatic carbocycles. The Morgan fingerprint density at radius 3 is 2.77 bits per heavy atom. The third-order valence-corrected chi connectivity index (χ3v) is 3.52. The maximum Gasteiger partial charge on any atom is 0.102 e. The molecule has 76 valence electrons. The van der Waals surface area contributed by atoms with Crippen LogP contribution in [0.4, 0.5) is 0 Å². The molecule has 2 aliphatic rings. The Balaban J connectivity index is 2.00. The van der Waals surface area contributed by atoms with Crippen LogP contribution in [0, 0.1) is 4.78 Å². The van der Waals surface area contributed by atoms with Crippen molar-refractivity contribution >= 4 is 9.92 Å². The van der Waals surface area contributed by atoms with E-state index in [1.54, 1.807) is 0 Å². The fourth-order valence-electron chi connectivity index (χ4n) is 2.22. The zero-order chi connectivity index (χ0) is 9.47. The van der Waals surface area contributed by atoms with Crippen LogP contribution in [0.1, 0.15) is 25.7 Å². The Hall–Kier alpha value is -0.130. The highest BCUT2D eigenvalue weighted by Gasteiger charge is 2.37. The van der Waals surface area contributed by atoms with Gasteiger partial charge in [0.1, 0.15) is 9.92 Å². The quantitative estimate of drug-likeness (QED) is 0.701. The van der Waals surface area contributed by atoms with E-state index in [9.17, 15) is 4.21 Å². The summed E-state index contributed by atoms with van der Waals surface area (Å²) >= 11 is 0. The van der Waals surface area contributed by atoms with Crippen LogP contribution < -0.4 is 4.72 Å². The standard InChI is InChI=1S/C8H16N2O2S/c1-13(9,11)10-7-4-2-6-3-5-8(7)12-6/h6-8H,2-5H2,1H3,(H2,9,10,11). The monoisotopic (exact) mass is 204 g/mol. The Labute approximate surface area is 79.1 Å². The van der Waals surface area contributed by atoms with E-state index >= 15 is 0 Å². The highest BCUT2D eigenvalue weighted by atomic mass is 32.2. The lowest BCUT2D eigenvalue weighted by Gasteiger charge is -2.29. The molecule has 13 heavy (non-hydrogen) atoms. The van der Waals surface area contributed by atoms with Crippen LogP contribution in [-0.2, 0) is 14.7 Å². The van der Waals surface area contributed by atoms with Gasteiger partial charge in [-0.1, -0.05) is 0 Å².